The molecular formula is C17H20ClNO2. The molecule has 0 radical (unpaired) electrons. The van der Waals surface area contributed by atoms with E-state index in [-0.39, 0.29) is 5.38 Å². The number of ether oxygens (including phenoxy) is 2. The van der Waals surface area contributed by atoms with Crippen LogP contribution in [0.5, 0.6) is 11.5 Å². The molecule has 0 spiro atoms. The van der Waals surface area contributed by atoms with E-state index in [0.29, 0.717) is 6.54 Å². The number of hydrogen-bond acceptors (Lipinski definition) is 3. The van der Waals surface area contributed by atoms with Gasteiger partial charge in [0.2, 0.25) is 0 Å². The fourth-order valence-corrected chi connectivity index (χ4v) is 2.37. The van der Waals surface area contributed by atoms with Crippen LogP contribution in [0, 0.1) is 0 Å². The third-order valence-electron chi connectivity index (χ3n) is 3.26. The molecule has 0 amide bonds. The third kappa shape index (κ3) is 4.38. The molecular weight excluding hydrogens is 286 g/mol. The highest BCUT2D eigenvalue weighted by atomic mass is 35.5. The van der Waals surface area contributed by atoms with Crippen LogP contribution in [-0.2, 0) is 6.54 Å². The SMILES string of the molecule is COc1ccc(CNCC(Cl)c2ccccc2)cc1OC. The topological polar surface area (TPSA) is 30.5 Å². The zero-order chi connectivity index (χ0) is 15.1. The third-order valence-corrected chi connectivity index (χ3v) is 3.67. The molecule has 2 aromatic rings. The van der Waals surface area contributed by atoms with Gasteiger partial charge in [-0.15, -0.1) is 11.6 Å². The van der Waals surface area contributed by atoms with Gasteiger partial charge in [-0.2, -0.15) is 0 Å². The summed E-state index contributed by atoms with van der Waals surface area (Å²) in [7, 11) is 3.27. The van der Waals surface area contributed by atoms with Crippen LogP contribution in [0.1, 0.15) is 16.5 Å². The van der Waals surface area contributed by atoms with E-state index in [1.807, 2.05) is 48.5 Å². The number of methoxy groups -OCH3 is 2. The summed E-state index contributed by atoms with van der Waals surface area (Å²) in [4.78, 5) is 0. The first kappa shape index (κ1) is 15.7. The molecule has 1 N–H and O–H groups in total. The van der Waals surface area contributed by atoms with Gasteiger partial charge in [0.1, 0.15) is 0 Å². The van der Waals surface area contributed by atoms with E-state index >= 15 is 0 Å². The van der Waals surface area contributed by atoms with Gasteiger partial charge in [-0.3, -0.25) is 0 Å². The molecule has 1 unspecified atom stereocenters. The Kier molecular flexibility index (Phi) is 5.90. The highest BCUT2D eigenvalue weighted by Crippen LogP contribution is 2.27. The van der Waals surface area contributed by atoms with Crippen LogP contribution in [0.3, 0.4) is 0 Å². The van der Waals surface area contributed by atoms with Gasteiger partial charge < -0.3 is 14.8 Å². The van der Waals surface area contributed by atoms with Crippen LogP contribution < -0.4 is 14.8 Å². The average Bonchev–Trinajstić information content (AvgIpc) is 2.55. The summed E-state index contributed by atoms with van der Waals surface area (Å²) in [6.07, 6.45) is 0. The lowest BCUT2D eigenvalue weighted by Crippen LogP contribution is -2.18. The van der Waals surface area contributed by atoms with Crippen molar-refractivity contribution >= 4 is 11.6 Å². The molecule has 4 heteroatoms. The largest absolute Gasteiger partial charge is 0.493 e. The number of hydrogen-bond donors (Lipinski definition) is 1. The van der Waals surface area contributed by atoms with E-state index in [1.54, 1.807) is 14.2 Å². The lowest BCUT2D eigenvalue weighted by Gasteiger charge is -2.13. The summed E-state index contributed by atoms with van der Waals surface area (Å²) in [5.74, 6) is 1.48. The van der Waals surface area contributed by atoms with Gasteiger partial charge in [0.05, 0.1) is 19.6 Å². The molecule has 1 atom stereocenters. The van der Waals surface area contributed by atoms with Gasteiger partial charge in [0, 0.05) is 13.1 Å². The molecule has 0 aliphatic carbocycles. The summed E-state index contributed by atoms with van der Waals surface area (Å²) in [5, 5.41) is 3.32. The molecule has 0 aromatic heterocycles. The summed E-state index contributed by atoms with van der Waals surface area (Å²) >= 11 is 6.37. The van der Waals surface area contributed by atoms with Crippen LogP contribution in [0.15, 0.2) is 48.5 Å². The normalized spacial score (nSPS) is 12.0. The lowest BCUT2D eigenvalue weighted by molar-refractivity contribution is 0.354. The first-order chi connectivity index (χ1) is 10.2. The molecule has 0 bridgehead atoms. The van der Waals surface area contributed by atoms with Crippen LogP contribution in [0.4, 0.5) is 0 Å². The first-order valence-corrected chi connectivity index (χ1v) is 7.29. The van der Waals surface area contributed by atoms with E-state index in [9.17, 15) is 0 Å². The minimum atomic E-state index is -0.0358. The zero-order valence-electron chi connectivity index (χ0n) is 12.3. The molecule has 0 aliphatic rings. The predicted molar refractivity (Wildman–Crippen MR) is 86.3 cm³/mol. The second-order valence-corrected chi connectivity index (χ2v) is 5.23. The van der Waals surface area contributed by atoms with E-state index in [1.165, 1.54) is 0 Å². The number of nitrogens with one attached hydrogen (secondary N) is 1. The maximum Gasteiger partial charge on any atom is 0.161 e. The van der Waals surface area contributed by atoms with Crippen LogP contribution in [-0.4, -0.2) is 20.8 Å². The maximum absolute atomic E-state index is 6.37. The van der Waals surface area contributed by atoms with Gasteiger partial charge in [-0.25, -0.2) is 0 Å². The van der Waals surface area contributed by atoms with E-state index in [0.717, 1.165) is 29.2 Å². The predicted octanol–water partition coefficient (Wildman–Crippen LogP) is 3.77. The minimum absolute atomic E-state index is 0.0358. The smallest absolute Gasteiger partial charge is 0.161 e. The summed E-state index contributed by atoms with van der Waals surface area (Å²) in [5.41, 5.74) is 2.25. The highest BCUT2D eigenvalue weighted by molar-refractivity contribution is 6.21. The van der Waals surface area contributed by atoms with Crippen molar-refractivity contribution in [1.29, 1.82) is 0 Å². The Hall–Kier alpha value is -1.71. The number of rotatable bonds is 7. The summed E-state index contributed by atoms with van der Waals surface area (Å²) in [6.45, 7) is 1.44. The van der Waals surface area contributed by atoms with Crippen molar-refractivity contribution in [3.8, 4) is 11.5 Å². The van der Waals surface area contributed by atoms with E-state index < -0.39 is 0 Å². The number of benzene rings is 2. The lowest BCUT2D eigenvalue weighted by atomic mass is 10.1. The molecule has 0 heterocycles. The molecule has 0 saturated heterocycles. The zero-order valence-corrected chi connectivity index (χ0v) is 13.1. The standard InChI is InChI=1S/C17H20ClNO2/c1-20-16-9-8-13(10-17(16)21-2)11-19-12-15(18)14-6-4-3-5-7-14/h3-10,15,19H,11-12H2,1-2H3. The minimum Gasteiger partial charge on any atom is -0.493 e. The Bertz CT molecular complexity index is 560. The van der Waals surface area contributed by atoms with Crippen molar-refractivity contribution in [3.63, 3.8) is 0 Å². The van der Waals surface area contributed by atoms with Gasteiger partial charge in [0.15, 0.2) is 11.5 Å². The van der Waals surface area contributed by atoms with Gasteiger partial charge in [-0.05, 0) is 23.3 Å². The fourth-order valence-electron chi connectivity index (χ4n) is 2.11. The van der Waals surface area contributed by atoms with Crippen LogP contribution in [0.2, 0.25) is 0 Å². The van der Waals surface area contributed by atoms with Crippen molar-refractivity contribution in [1.82, 2.24) is 5.32 Å². The Morgan fingerprint density at radius 2 is 1.71 bits per heavy atom. The average molecular weight is 306 g/mol. The van der Waals surface area contributed by atoms with Gasteiger partial charge >= 0.3 is 0 Å². The number of halogens is 1. The number of alkyl halides is 1. The Morgan fingerprint density at radius 1 is 1.00 bits per heavy atom. The molecule has 2 aromatic carbocycles. The summed E-state index contributed by atoms with van der Waals surface area (Å²) < 4.78 is 10.5. The Morgan fingerprint density at radius 3 is 2.38 bits per heavy atom. The monoisotopic (exact) mass is 305 g/mol. The summed E-state index contributed by atoms with van der Waals surface area (Å²) in [6, 6.07) is 16.0. The van der Waals surface area contributed by atoms with Crippen molar-refractivity contribution in [3.05, 3.63) is 59.7 Å². The van der Waals surface area contributed by atoms with Crippen molar-refractivity contribution in [2.24, 2.45) is 0 Å². The van der Waals surface area contributed by atoms with Crippen LogP contribution >= 0.6 is 11.6 Å². The van der Waals surface area contributed by atoms with Gasteiger partial charge in [-0.1, -0.05) is 36.4 Å². The molecule has 2 rings (SSSR count). The van der Waals surface area contributed by atoms with E-state index in [4.69, 9.17) is 21.1 Å². The molecule has 0 saturated carbocycles. The van der Waals surface area contributed by atoms with Crippen molar-refractivity contribution < 1.29 is 9.47 Å². The second kappa shape index (κ2) is 7.91. The molecule has 0 aliphatic heterocycles. The van der Waals surface area contributed by atoms with Crippen molar-refractivity contribution in [2.45, 2.75) is 11.9 Å². The fraction of sp³-hybridized carbons (Fsp3) is 0.294. The molecule has 0 fully saturated rings. The van der Waals surface area contributed by atoms with E-state index in [2.05, 4.69) is 5.32 Å². The second-order valence-electron chi connectivity index (χ2n) is 4.70. The molecule has 112 valence electrons. The maximum atomic E-state index is 6.37. The quantitative estimate of drug-likeness (QED) is 0.790. The Balaban J connectivity index is 1.89. The van der Waals surface area contributed by atoms with Crippen molar-refractivity contribution in [2.75, 3.05) is 20.8 Å². The highest BCUT2D eigenvalue weighted by Gasteiger charge is 2.08. The molecule has 3 nitrogen and oxygen atoms in total. The molecule has 21 heavy (non-hydrogen) atoms. The Labute approximate surface area is 130 Å². The van der Waals surface area contributed by atoms with Gasteiger partial charge in [0.25, 0.3) is 0 Å². The first-order valence-electron chi connectivity index (χ1n) is 6.85. The van der Waals surface area contributed by atoms with Crippen LogP contribution in [0.25, 0.3) is 0 Å².